The van der Waals surface area contributed by atoms with Crippen LogP contribution in [0.15, 0.2) is 11.6 Å². The molecule has 2 rings (SSSR count). The maximum absolute atomic E-state index is 12.6. The molecule has 2 aliphatic carbocycles. The number of rotatable bonds is 3. The van der Waals surface area contributed by atoms with Crippen molar-refractivity contribution in [2.24, 2.45) is 22.7 Å². The minimum Gasteiger partial charge on any atom is -0.295 e. The van der Waals surface area contributed by atoms with Crippen molar-refractivity contribution in [2.45, 2.75) is 86.0 Å². The molecule has 120 valence electrons. The van der Waals surface area contributed by atoms with Gasteiger partial charge in [0.15, 0.2) is 5.78 Å². The number of carbonyl (C=O) groups excluding carboxylic acids is 1. The number of hydrogen-bond acceptors (Lipinski definition) is 1. The van der Waals surface area contributed by atoms with Gasteiger partial charge in [0.05, 0.1) is 0 Å². The van der Waals surface area contributed by atoms with Crippen molar-refractivity contribution >= 4 is 5.78 Å². The summed E-state index contributed by atoms with van der Waals surface area (Å²) in [4.78, 5) is 12.6. The zero-order chi connectivity index (χ0) is 15.7. The molecule has 0 N–H and O–H groups in total. The Morgan fingerprint density at radius 2 is 1.38 bits per heavy atom. The van der Waals surface area contributed by atoms with Crippen LogP contribution in [-0.4, -0.2) is 5.78 Å². The van der Waals surface area contributed by atoms with Gasteiger partial charge in [-0.2, -0.15) is 0 Å². The van der Waals surface area contributed by atoms with E-state index in [4.69, 9.17) is 0 Å². The predicted molar refractivity (Wildman–Crippen MR) is 90.2 cm³/mol. The van der Waals surface area contributed by atoms with Crippen LogP contribution in [0.2, 0.25) is 0 Å². The van der Waals surface area contributed by atoms with Crippen molar-refractivity contribution < 1.29 is 4.79 Å². The standard InChI is InChI=1S/C20H34O/c1-15(16-8-6-10-19(2,3)13-16)12-18(21)17-9-7-11-20(4,5)14-17/h12,16-17H,6-11,13-14H2,1-5H3. The van der Waals surface area contributed by atoms with Crippen molar-refractivity contribution in [1.29, 1.82) is 0 Å². The molecular weight excluding hydrogens is 256 g/mol. The Morgan fingerprint density at radius 1 is 0.905 bits per heavy atom. The third kappa shape index (κ3) is 4.69. The summed E-state index contributed by atoms with van der Waals surface area (Å²) in [5, 5.41) is 0. The van der Waals surface area contributed by atoms with Gasteiger partial charge in [-0.15, -0.1) is 0 Å². The molecule has 2 fully saturated rings. The van der Waals surface area contributed by atoms with Crippen LogP contribution in [0.4, 0.5) is 0 Å². The van der Waals surface area contributed by atoms with E-state index < -0.39 is 0 Å². The quantitative estimate of drug-likeness (QED) is 0.588. The highest BCUT2D eigenvalue weighted by Crippen LogP contribution is 2.42. The van der Waals surface area contributed by atoms with Crippen molar-refractivity contribution in [1.82, 2.24) is 0 Å². The number of allylic oxidation sites excluding steroid dienone is 2. The van der Waals surface area contributed by atoms with E-state index in [0.29, 0.717) is 22.5 Å². The zero-order valence-corrected chi connectivity index (χ0v) is 14.8. The van der Waals surface area contributed by atoms with E-state index in [-0.39, 0.29) is 5.92 Å². The molecule has 0 aromatic heterocycles. The van der Waals surface area contributed by atoms with Crippen molar-refractivity contribution in [3.05, 3.63) is 11.6 Å². The molecule has 0 spiro atoms. The second-order valence-corrected chi connectivity index (χ2v) is 9.21. The smallest absolute Gasteiger partial charge is 0.158 e. The molecule has 0 amide bonds. The molecule has 0 heterocycles. The molecule has 1 heteroatoms. The van der Waals surface area contributed by atoms with Crippen LogP contribution in [0.3, 0.4) is 0 Å². The van der Waals surface area contributed by atoms with Gasteiger partial charge in [-0.05, 0) is 68.3 Å². The molecule has 2 aliphatic rings. The SMILES string of the molecule is CC(=CC(=O)C1CCCC(C)(C)C1)C1CCCC(C)(C)C1. The van der Waals surface area contributed by atoms with Crippen LogP contribution in [0, 0.1) is 22.7 Å². The summed E-state index contributed by atoms with van der Waals surface area (Å²) < 4.78 is 0. The largest absolute Gasteiger partial charge is 0.295 e. The molecular formula is C20H34O. The first-order valence-corrected chi connectivity index (χ1v) is 8.91. The highest BCUT2D eigenvalue weighted by atomic mass is 16.1. The Hall–Kier alpha value is -0.590. The van der Waals surface area contributed by atoms with Gasteiger partial charge in [0, 0.05) is 5.92 Å². The van der Waals surface area contributed by atoms with Crippen LogP contribution in [0.5, 0.6) is 0 Å². The van der Waals surface area contributed by atoms with E-state index >= 15 is 0 Å². The second kappa shape index (κ2) is 6.26. The fourth-order valence-corrected chi connectivity index (χ4v) is 4.49. The zero-order valence-electron chi connectivity index (χ0n) is 14.8. The third-order valence-electron chi connectivity index (χ3n) is 5.83. The van der Waals surface area contributed by atoms with Gasteiger partial charge in [0.2, 0.25) is 0 Å². The molecule has 0 bridgehead atoms. The van der Waals surface area contributed by atoms with Crippen LogP contribution in [0.1, 0.15) is 86.0 Å². The lowest BCUT2D eigenvalue weighted by Gasteiger charge is -2.36. The van der Waals surface area contributed by atoms with Gasteiger partial charge in [-0.3, -0.25) is 4.79 Å². The van der Waals surface area contributed by atoms with Crippen molar-refractivity contribution in [3.8, 4) is 0 Å². The van der Waals surface area contributed by atoms with E-state index in [9.17, 15) is 4.79 Å². The van der Waals surface area contributed by atoms with Gasteiger partial charge in [-0.1, -0.05) is 46.1 Å². The summed E-state index contributed by atoms with van der Waals surface area (Å²) in [6.45, 7) is 11.6. The Morgan fingerprint density at radius 3 is 1.90 bits per heavy atom. The van der Waals surface area contributed by atoms with Crippen LogP contribution >= 0.6 is 0 Å². The minimum absolute atomic E-state index is 0.278. The van der Waals surface area contributed by atoms with Gasteiger partial charge < -0.3 is 0 Å². The maximum Gasteiger partial charge on any atom is 0.158 e. The number of hydrogen-bond donors (Lipinski definition) is 0. The molecule has 2 unspecified atom stereocenters. The van der Waals surface area contributed by atoms with Gasteiger partial charge >= 0.3 is 0 Å². The molecule has 2 saturated carbocycles. The molecule has 0 aromatic carbocycles. The summed E-state index contributed by atoms with van der Waals surface area (Å²) in [6.07, 6.45) is 11.8. The molecule has 0 radical (unpaired) electrons. The first-order valence-electron chi connectivity index (χ1n) is 8.91. The fraction of sp³-hybridized carbons (Fsp3) is 0.850. The van der Waals surface area contributed by atoms with Crippen LogP contribution in [-0.2, 0) is 4.79 Å². The number of carbonyl (C=O) groups is 1. The maximum atomic E-state index is 12.6. The first kappa shape index (κ1) is 16.8. The van der Waals surface area contributed by atoms with Gasteiger partial charge in [0.25, 0.3) is 0 Å². The van der Waals surface area contributed by atoms with Crippen molar-refractivity contribution in [3.63, 3.8) is 0 Å². The lowest BCUT2D eigenvalue weighted by atomic mass is 9.69. The van der Waals surface area contributed by atoms with Gasteiger partial charge in [0.1, 0.15) is 0 Å². The molecule has 2 atom stereocenters. The summed E-state index contributed by atoms with van der Waals surface area (Å²) in [5.74, 6) is 1.32. The number of ketones is 1. The Labute approximate surface area is 131 Å². The molecule has 21 heavy (non-hydrogen) atoms. The highest BCUT2D eigenvalue weighted by Gasteiger charge is 2.32. The lowest BCUT2D eigenvalue weighted by Crippen LogP contribution is -2.28. The second-order valence-electron chi connectivity index (χ2n) is 9.21. The fourth-order valence-electron chi connectivity index (χ4n) is 4.49. The van der Waals surface area contributed by atoms with E-state index in [1.807, 2.05) is 6.08 Å². The molecule has 1 nitrogen and oxygen atoms in total. The Kier molecular flexibility index (Phi) is 5.00. The average Bonchev–Trinajstić information content (AvgIpc) is 2.36. The van der Waals surface area contributed by atoms with E-state index in [1.54, 1.807) is 0 Å². The summed E-state index contributed by atoms with van der Waals surface area (Å²) in [7, 11) is 0. The summed E-state index contributed by atoms with van der Waals surface area (Å²) >= 11 is 0. The summed E-state index contributed by atoms with van der Waals surface area (Å²) in [5.41, 5.74) is 2.15. The molecule has 0 aliphatic heterocycles. The first-order chi connectivity index (χ1) is 9.69. The summed E-state index contributed by atoms with van der Waals surface area (Å²) in [6, 6.07) is 0. The third-order valence-corrected chi connectivity index (χ3v) is 5.83. The molecule has 0 saturated heterocycles. The van der Waals surface area contributed by atoms with Gasteiger partial charge in [-0.25, -0.2) is 0 Å². The predicted octanol–water partition coefficient (Wildman–Crippen LogP) is 5.93. The monoisotopic (exact) mass is 290 g/mol. The van der Waals surface area contributed by atoms with E-state index in [2.05, 4.69) is 34.6 Å². The van der Waals surface area contributed by atoms with Crippen molar-refractivity contribution in [2.75, 3.05) is 0 Å². The van der Waals surface area contributed by atoms with E-state index in [1.165, 1.54) is 44.1 Å². The highest BCUT2D eigenvalue weighted by molar-refractivity contribution is 5.92. The Bertz CT molecular complexity index is 414. The minimum atomic E-state index is 0.278. The van der Waals surface area contributed by atoms with Crippen LogP contribution in [0.25, 0.3) is 0 Å². The normalized spacial score (nSPS) is 32.7. The van der Waals surface area contributed by atoms with Crippen LogP contribution < -0.4 is 0 Å². The molecule has 0 aromatic rings. The van der Waals surface area contributed by atoms with E-state index in [0.717, 1.165) is 12.8 Å². The topological polar surface area (TPSA) is 17.1 Å². The Balaban J connectivity index is 1.99. The average molecular weight is 290 g/mol. The lowest BCUT2D eigenvalue weighted by molar-refractivity contribution is -0.120.